The first-order valence-corrected chi connectivity index (χ1v) is 5.88. The molecule has 0 bridgehead atoms. The largest absolute Gasteiger partial charge is 0.381 e. The quantitative estimate of drug-likeness (QED) is 0.741. The molecule has 1 aromatic carbocycles. The Morgan fingerprint density at radius 3 is 2.73 bits per heavy atom. The van der Waals surface area contributed by atoms with E-state index >= 15 is 0 Å². The van der Waals surface area contributed by atoms with Gasteiger partial charge in [0.2, 0.25) is 0 Å². The first kappa shape index (κ1) is 9.20. The maximum absolute atomic E-state index is 13.5. The molecule has 1 unspecified atom stereocenters. The molecule has 1 heterocycles. The van der Waals surface area contributed by atoms with E-state index in [2.05, 4.69) is 5.32 Å². The van der Waals surface area contributed by atoms with Crippen LogP contribution in [0.4, 0.5) is 10.1 Å². The predicted molar refractivity (Wildman–Crippen MR) is 59.5 cm³/mol. The van der Waals surface area contributed by atoms with Crippen LogP contribution in [0, 0.1) is 11.7 Å². The highest BCUT2D eigenvalue weighted by Gasteiger charge is 2.31. The zero-order valence-electron chi connectivity index (χ0n) is 8.80. The molecule has 3 rings (SSSR count). The van der Waals surface area contributed by atoms with Gasteiger partial charge in [-0.25, -0.2) is 4.39 Å². The summed E-state index contributed by atoms with van der Waals surface area (Å²) in [5, 5.41) is 3.48. The molecule has 0 saturated heterocycles. The van der Waals surface area contributed by atoms with Crippen LogP contribution in [0.1, 0.15) is 31.2 Å². The van der Waals surface area contributed by atoms with Crippen LogP contribution in [0.15, 0.2) is 18.2 Å². The van der Waals surface area contributed by atoms with E-state index in [0.717, 1.165) is 23.6 Å². The lowest BCUT2D eigenvalue weighted by Crippen LogP contribution is -2.24. The molecule has 1 aliphatic heterocycles. The van der Waals surface area contributed by atoms with Crippen molar-refractivity contribution in [2.75, 3.05) is 5.32 Å². The highest BCUT2D eigenvalue weighted by molar-refractivity contribution is 5.57. The van der Waals surface area contributed by atoms with Gasteiger partial charge in [-0.1, -0.05) is 18.9 Å². The molecule has 1 atom stereocenters. The molecule has 1 N–H and O–H groups in total. The second-order valence-electron chi connectivity index (χ2n) is 4.77. The molecular formula is C13H16FN. The molecule has 0 spiro atoms. The van der Waals surface area contributed by atoms with Gasteiger partial charge >= 0.3 is 0 Å². The lowest BCUT2D eigenvalue weighted by molar-refractivity contribution is 0.462. The molecular weight excluding hydrogens is 189 g/mol. The second-order valence-corrected chi connectivity index (χ2v) is 4.77. The second kappa shape index (κ2) is 3.51. The summed E-state index contributed by atoms with van der Waals surface area (Å²) in [6.07, 6.45) is 6.20. The Labute approximate surface area is 89.7 Å². The number of hydrogen-bond acceptors (Lipinski definition) is 1. The maximum atomic E-state index is 13.5. The summed E-state index contributed by atoms with van der Waals surface area (Å²) in [5.41, 5.74) is 1.92. The number of nitrogens with one attached hydrogen (secondary N) is 1. The van der Waals surface area contributed by atoms with E-state index in [1.165, 1.54) is 25.7 Å². The molecule has 80 valence electrons. The van der Waals surface area contributed by atoms with Gasteiger partial charge in [0.05, 0.1) is 0 Å². The van der Waals surface area contributed by atoms with Gasteiger partial charge in [0.25, 0.3) is 0 Å². The fourth-order valence-electron chi connectivity index (χ4n) is 3.02. The third-order valence-electron chi connectivity index (χ3n) is 3.85. The zero-order valence-corrected chi connectivity index (χ0v) is 8.80. The Morgan fingerprint density at radius 1 is 1.20 bits per heavy atom. The van der Waals surface area contributed by atoms with E-state index in [-0.39, 0.29) is 5.82 Å². The van der Waals surface area contributed by atoms with E-state index in [9.17, 15) is 4.39 Å². The van der Waals surface area contributed by atoms with Gasteiger partial charge < -0.3 is 5.32 Å². The molecule has 15 heavy (non-hydrogen) atoms. The number of anilines is 1. The van der Waals surface area contributed by atoms with Crippen molar-refractivity contribution in [1.29, 1.82) is 0 Å². The van der Waals surface area contributed by atoms with Gasteiger partial charge in [0.15, 0.2) is 0 Å². The number of fused-ring (bicyclic) bond motifs is 1. The van der Waals surface area contributed by atoms with Crippen molar-refractivity contribution in [3.63, 3.8) is 0 Å². The molecule has 1 saturated carbocycles. The minimum Gasteiger partial charge on any atom is -0.381 e. The number of hydrogen-bond donors (Lipinski definition) is 1. The summed E-state index contributed by atoms with van der Waals surface area (Å²) in [6, 6.07) is 5.84. The molecule has 1 nitrogen and oxygen atoms in total. The average molecular weight is 205 g/mol. The number of benzene rings is 1. The van der Waals surface area contributed by atoms with Crippen LogP contribution in [0.25, 0.3) is 0 Å². The van der Waals surface area contributed by atoms with Crippen LogP contribution < -0.4 is 5.32 Å². The summed E-state index contributed by atoms with van der Waals surface area (Å²) in [5.74, 6) is 0.720. The molecule has 1 aliphatic carbocycles. The van der Waals surface area contributed by atoms with Crippen LogP contribution in [0.3, 0.4) is 0 Å². The van der Waals surface area contributed by atoms with Crippen LogP contribution in [0.2, 0.25) is 0 Å². The lowest BCUT2D eigenvalue weighted by atomic mass is 9.95. The van der Waals surface area contributed by atoms with Crippen LogP contribution in [-0.4, -0.2) is 6.04 Å². The third kappa shape index (κ3) is 1.52. The molecule has 0 aromatic heterocycles. The van der Waals surface area contributed by atoms with Crippen LogP contribution in [-0.2, 0) is 6.42 Å². The van der Waals surface area contributed by atoms with Gasteiger partial charge in [-0.3, -0.25) is 0 Å². The fraction of sp³-hybridized carbons (Fsp3) is 0.538. The number of rotatable bonds is 1. The molecule has 2 heteroatoms. The van der Waals surface area contributed by atoms with E-state index < -0.39 is 0 Å². The van der Waals surface area contributed by atoms with Crippen molar-refractivity contribution in [1.82, 2.24) is 0 Å². The highest BCUT2D eigenvalue weighted by Crippen LogP contribution is 2.36. The van der Waals surface area contributed by atoms with E-state index in [4.69, 9.17) is 0 Å². The first-order chi connectivity index (χ1) is 7.34. The first-order valence-electron chi connectivity index (χ1n) is 5.88. The SMILES string of the molecule is Fc1cccc2c1CC(C1CCCC1)N2. The number of halogens is 1. The van der Waals surface area contributed by atoms with Crippen molar-refractivity contribution in [3.05, 3.63) is 29.6 Å². The Kier molecular flexibility index (Phi) is 2.15. The molecule has 0 amide bonds. The van der Waals surface area contributed by atoms with Crippen molar-refractivity contribution < 1.29 is 4.39 Å². The molecule has 2 aliphatic rings. The standard InChI is InChI=1S/C13H16FN/c14-11-6-3-7-12-10(11)8-13(15-12)9-4-1-2-5-9/h3,6-7,9,13,15H,1-2,4-5,8H2. The van der Waals surface area contributed by atoms with Crippen molar-refractivity contribution in [3.8, 4) is 0 Å². The predicted octanol–water partition coefficient (Wildman–Crippen LogP) is 3.35. The Morgan fingerprint density at radius 2 is 2.00 bits per heavy atom. The fourth-order valence-corrected chi connectivity index (χ4v) is 3.02. The van der Waals surface area contributed by atoms with E-state index in [1.807, 2.05) is 6.07 Å². The Hall–Kier alpha value is -1.05. The average Bonchev–Trinajstić information content (AvgIpc) is 2.86. The Bertz CT molecular complexity index is 369. The summed E-state index contributed by atoms with van der Waals surface area (Å²) >= 11 is 0. The topological polar surface area (TPSA) is 12.0 Å². The van der Waals surface area contributed by atoms with E-state index in [1.54, 1.807) is 12.1 Å². The minimum atomic E-state index is -0.0412. The zero-order chi connectivity index (χ0) is 10.3. The molecule has 1 fully saturated rings. The third-order valence-corrected chi connectivity index (χ3v) is 3.85. The van der Waals surface area contributed by atoms with Crippen molar-refractivity contribution >= 4 is 5.69 Å². The van der Waals surface area contributed by atoms with Gasteiger partial charge in [0.1, 0.15) is 5.82 Å². The highest BCUT2D eigenvalue weighted by atomic mass is 19.1. The van der Waals surface area contributed by atoms with Gasteiger partial charge in [0, 0.05) is 17.3 Å². The van der Waals surface area contributed by atoms with Crippen molar-refractivity contribution in [2.24, 2.45) is 5.92 Å². The van der Waals surface area contributed by atoms with Gasteiger partial charge in [-0.15, -0.1) is 0 Å². The van der Waals surface area contributed by atoms with Crippen molar-refractivity contribution in [2.45, 2.75) is 38.1 Å². The van der Waals surface area contributed by atoms with Gasteiger partial charge in [-0.2, -0.15) is 0 Å². The molecule has 0 radical (unpaired) electrons. The summed E-state index contributed by atoms with van der Waals surface area (Å²) < 4.78 is 13.5. The van der Waals surface area contributed by atoms with Crippen LogP contribution >= 0.6 is 0 Å². The Balaban J connectivity index is 1.82. The van der Waals surface area contributed by atoms with Crippen LogP contribution in [0.5, 0.6) is 0 Å². The summed E-state index contributed by atoms with van der Waals surface area (Å²) in [7, 11) is 0. The maximum Gasteiger partial charge on any atom is 0.128 e. The van der Waals surface area contributed by atoms with Gasteiger partial charge in [-0.05, 0) is 37.3 Å². The van der Waals surface area contributed by atoms with E-state index in [0.29, 0.717) is 6.04 Å². The molecule has 1 aromatic rings. The smallest absolute Gasteiger partial charge is 0.128 e. The normalized spacial score (nSPS) is 25.3. The minimum absolute atomic E-state index is 0.0412. The summed E-state index contributed by atoms with van der Waals surface area (Å²) in [6.45, 7) is 0. The lowest BCUT2D eigenvalue weighted by Gasteiger charge is -2.18. The monoisotopic (exact) mass is 205 g/mol. The summed E-state index contributed by atoms with van der Waals surface area (Å²) in [4.78, 5) is 0.